The Bertz CT molecular complexity index is 613. The van der Waals surface area contributed by atoms with Crippen LogP contribution in [0, 0.1) is 13.8 Å². The number of ether oxygens (including phenoxy) is 1. The van der Waals surface area contributed by atoms with Gasteiger partial charge < -0.3 is 10.1 Å². The first-order chi connectivity index (χ1) is 10.7. The molecule has 0 aromatic carbocycles. The maximum atomic E-state index is 12.2. The van der Waals surface area contributed by atoms with Gasteiger partial charge in [0.1, 0.15) is 11.4 Å². The molecule has 0 fully saturated rings. The van der Waals surface area contributed by atoms with Crippen LogP contribution in [0.2, 0.25) is 0 Å². The summed E-state index contributed by atoms with van der Waals surface area (Å²) < 4.78 is 7.30. The summed E-state index contributed by atoms with van der Waals surface area (Å²) in [6.45, 7) is 12.0. The molecule has 0 saturated carbocycles. The molecule has 7 heteroatoms. The molecule has 0 bridgehead atoms. The van der Waals surface area contributed by atoms with E-state index in [4.69, 9.17) is 4.74 Å². The monoisotopic (exact) mass is 321 g/mol. The number of nitrogens with one attached hydrogen (secondary N) is 1. The van der Waals surface area contributed by atoms with Crippen LogP contribution in [0.1, 0.15) is 37.7 Å². The molecule has 7 nitrogen and oxygen atoms in total. The van der Waals surface area contributed by atoms with Gasteiger partial charge >= 0.3 is 6.09 Å². The zero-order chi connectivity index (χ0) is 17.2. The summed E-state index contributed by atoms with van der Waals surface area (Å²) in [6.07, 6.45) is -0.291. The Hall–Kier alpha value is -2.05. The molecule has 1 N–H and O–H groups in total. The van der Waals surface area contributed by atoms with Gasteiger partial charge in [0.05, 0.1) is 18.8 Å². The summed E-state index contributed by atoms with van der Waals surface area (Å²) in [5.74, 6) is 0.810. The van der Waals surface area contributed by atoms with Crippen LogP contribution in [-0.4, -0.2) is 51.8 Å². The predicted octanol–water partition coefficient (Wildman–Crippen LogP) is 1.78. The first-order valence-electron chi connectivity index (χ1n) is 7.91. The lowest BCUT2D eigenvalue weighted by atomic mass is 10.2. The van der Waals surface area contributed by atoms with Crippen molar-refractivity contribution in [2.24, 2.45) is 12.0 Å². The van der Waals surface area contributed by atoms with Crippen LogP contribution in [-0.2, 0) is 18.3 Å². The second kappa shape index (κ2) is 6.60. The highest BCUT2D eigenvalue weighted by Crippen LogP contribution is 2.13. The lowest BCUT2D eigenvalue weighted by Crippen LogP contribution is -2.47. The fraction of sp³-hybridized carbons (Fsp3) is 0.688. The lowest BCUT2D eigenvalue weighted by Gasteiger charge is -2.30. The summed E-state index contributed by atoms with van der Waals surface area (Å²) in [6, 6.07) is 0. The Balaban J connectivity index is 1.94. The first-order valence-corrected chi connectivity index (χ1v) is 7.91. The van der Waals surface area contributed by atoms with Gasteiger partial charge in [-0.25, -0.2) is 4.79 Å². The van der Waals surface area contributed by atoms with Crippen LogP contribution < -0.4 is 5.32 Å². The molecule has 0 atom stereocenters. The number of carbonyl (C=O) groups excluding carboxylic acids is 1. The van der Waals surface area contributed by atoms with Gasteiger partial charge in [-0.2, -0.15) is 5.10 Å². The van der Waals surface area contributed by atoms with E-state index in [0.29, 0.717) is 26.2 Å². The minimum atomic E-state index is -0.483. The number of aryl methyl sites for hydroxylation is 2. The van der Waals surface area contributed by atoms with E-state index in [1.807, 2.05) is 46.3 Å². The van der Waals surface area contributed by atoms with E-state index in [1.54, 1.807) is 4.90 Å². The normalized spacial score (nSPS) is 15.4. The van der Waals surface area contributed by atoms with E-state index < -0.39 is 5.60 Å². The average molecular weight is 321 g/mol. The highest BCUT2D eigenvalue weighted by molar-refractivity contribution is 5.87. The van der Waals surface area contributed by atoms with Gasteiger partial charge in [-0.15, -0.1) is 0 Å². The second-order valence-corrected chi connectivity index (χ2v) is 6.86. The quantitative estimate of drug-likeness (QED) is 0.901. The number of hydrogen-bond acceptors (Lipinski definition) is 5. The zero-order valence-electron chi connectivity index (χ0n) is 14.9. The maximum absolute atomic E-state index is 12.2. The van der Waals surface area contributed by atoms with E-state index in [9.17, 15) is 4.79 Å². The number of hydrogen-bond donors (Lipinski definition) is 1. The van der Waals surface area contributed by atoms with Crippen LogP contribution in [0.15, 0.2) is 4.99 Å². The molecule has 0 radical (unpaired) electrons. The summed E-state index contributed by atoms with van der Waals surface area (Å²) in [4.78, 5) is 18.3. The summed E-state index contributed by atoms with van der Waals surface area (Å²) >= 11 is 0. The van der Waals surface area contributed by atoms with Crippen molar-refractivity contribution in [2.45, 2.75) is 46.8 Å². The lowest BCUT2D eigenvalue weighted by molar-refractivity contribution is 0.0276. The maximum Gasteiger partial charge on any atom is 0.410 e. The largest absolute Gasteiger partial charge is 0.444 e. The molecule has 2 heterocycles. The first kappa shape index (κ1) is 17.3. The molecule has 128 valence electrons. The van der Waals surface area contributed by atoms with Crippen LogP contribution in [0.4, 0.5) is 4.79 Å². The molecule has 1 amide bonds. The van der Waals surface area contributed by atoms with Crippen LogP contribution >= 0.6 is 0 Å². The molecule has 1 aliphatic rings. The van der Waals surface area contributed by atoms with E-state index in [0.717, 1.165) is 17.2 Å². The summed E-state index contributed by atoms with van der Waals surface area (Å²) in [7, 11) is 1.94. The minimum absolute atomic E-state index is 0.291. The number of amidine groups is 1. The number of nitrogens with zero attached hydrogens (tertiary/aromatic N) is 4. The van der Waals surface area contributed by atoms with Crippen LogP contribution in [0.25, 0.3) is 0 Å². The van der Waals surface area contributed by atoms with Crippen molar-refractivity contribution in [1.82, 2.24) is 20.0 Å². The van der Waals surface area contributed by atoms with Gasteiger partial charge in [0.2, 0.25) is 0 Å². The van der Waals surface area contributed by atoms with Gasteiger partial charge in [0, 0.05) is 31.4 Å². The number of rotatable bonds is 2. The van der Waals surface area contributed by atoms with E-state index >= 15 is 0 Å². The Morgan fingerprint density at radius 3 is 2.61 bits per heavy atom. The van der Waals surface area contributed by atoms with Crippen molar-refractivity contribution in [3.05, 3.63) is 17.0 Å². The molecule has 1 aliphatic heterocycles. The van der Waals surface area contributed by atoms with Gasteiger partial charge in [-0.1, -0.05) is 0 Å². The third-order valence-corrected chi connectivity index (χ3v) is 3.79. The molecular formula is C16H27N5O2. The van der Waals surface area contributed by atoms with E-state index in [2.05, 4.69) is 15.4 Å². The Kier molecular flexibility index (Phi) is 4.97. The van der Waals surface area contributed by atoms with Crippen molar-refractivity contribution >= 4 is 11.9 Å². The number of amides is 1. The van der Waals surface area contributed by atoms with Crippen molar-refractivity contribution in [3.8, 4) is 0 Å². The number of aliphatic imine (C=N–C) groups is 1. The highest BCUT2D eigenvalue weighted by Gasteiger charge is 2.25. The van der Waals surface area contributed by atoms with Gasteiger partial charge in [-0.05, 0) is 34.6 Å². The molecule has 0 saturated heterocycles. The van der Waals surface area contributed by atoms with Crippen molar-refractivity contribution in [2.75, 3.05) is 19.6 Å². The molecule has 0 unspecified atom stereocenters. The van der Waals surface area contributed by atoms with Gasteiger partial charge in [0.15, 0.2) is 0 Å². The highest BCUT2D eigenvalue weighted by atomic mass is 16.6. The SMILES string of the molecule is Cc1nn(C)c(C)c1CNC1=NCCN(C(=O)OC(C)(C)C)C1. The molecule has 23 heavy (non-hydrogen) atoms. The van der Waals surface area contributed by atoms with Crippen LogP contribution in [0.3, 0.4) is 0 Å². The zero-order valence-corrected chi connectivity index (χ0v) is 14.9. The predicted molar refractivity (Wildman–Crippen MR) is 89.6 cm³/mol. The van der Waals surface area contributed by atoms with E-state index in [1.165, 1.54) is 5.56 Å². The fourth-order valence-electron chi connectivity index (χ4n) is 2.47. The Morgan fingerprint density at radius 1 is 1.35 bits per heavy atom. The third kappa shape index (κ3) is 4.46. The van der Waals surface area contributed by atoms with Gasteiger partial charge in [-0.3, -0.25) is 14.6 Å². The molecule has 2 rings (SSSR count). The average Bonchev–Trinajstić information content (AvgIpc) is 2.69. The summed E-state index contributed by atoms with van der Waals surface area (Å²) in [5, 5.41) is 7.74. The van der Waals surface area contributed by atoms with Crippen molar-refractivity contribution in [3.63, 3.8) is 0 Å². The summed E-state index contributed by atoms with van der Waals surface area (Å²) in [5.41, 5.74) is 2.83. The Morgan fingerprint density at radius 2 is 2.04 bits per heavy atom. The third-order valence-electron chi connectivity index (χ3n) is 3.79. The second-order valence-electron chi connectivity index (χ2n) is 6.86. The fourth-order valence-corrected chi connectivity index (χ4v) is 2.47. The van der Waals surface area contributed by atoms with Crippen LogP contribution in [0.5, 0.6) is 0 Å². The topological polar surface area (TPSA) is 71.8 Å². The molecular weight excluding hydrogens is 294 g/mol. The molecule has 1 aromatic rings. The Labute approximate surface area is 137 Å². The van der Waals surface area contributed by atoms with Gasteiger partial charge in [0.25, 0.3) is 0 Å². The molecule has 0 aliphatic carbocycles. The number of carbonyl (C=O) groups is 1. The molecule has 1 aromatic heterocycles. The molecule has 0 spiro atoms. The van der Waals surface area contributed by atoms with Crippen molar-refractivity contribution < 1.29 is 9.53 Å². The van der Waals surface area contributed by atoms with E-state index in [-0.39, 0.29) is 6.09 Å². The minimum Gasteiger partial charge on any atom is -0.444 e. The standard InChI is InChI=1S/C16H27N5O2/c1-11-13(12(2)20(6)19-11)9-18-14-10-21(8-7-17-14)15(22)23-16(3,4)5/h7-10H2,1-6H3,(H,17,18). The smallest absolute Gasteiger partial charge is 0.410 e. The van der Waals surface area contributed by atoms with Crippen molar-refractivity contribution in [1.29, 1.82) is 0 Å². The number of aromatic nitrogens is 2.